The first-order valence-corrected chi connectivity index (χ1v) is 8.44. The van der Waals surface area contributed by atoms with Crippen molar-refractivity contribution >= 4 is 29.0 Å². The van der Waals surface area contributed by atoms with E-state index >= 15 is 0 Å². The fraction of sp³-hybridized carbons (Fsp3) is 0.158. The smallest absolute Gasteiger partial charge is 0.246 e. The number of carbonyl (C=O) groups excluding carboxylic acids is 1. The number of nitrogens with one attached hydrogen (secondary N) is 1. The lowest BCUT2D eigenvalue weighted by Gasteiger charge is -2.18. The summed E-state index contributed by atoms with van der Waals surface area (Å²) in [6, 6.07) is 13.1. The van der Waals surface area contributed by atoms with E-state index in [0.29, 0.717) is 22.4 Å². The molecule has 0 aliphatic carbocycles. The Morgan fingerprint density at radius 2 is 1.92 bits per heavy atom. The van der Waals surface area contributed by atoms with Crippen molar-refractivity contribution in [2.45, 2.75) is 6.92 Å². The van der Waals surface area contributed by atoms with E-state index in [-0.39, 0.29) is 12.5 Å². The monoisotopic (exact) mass is 367 g/mol. The van der Waals surface area contributed by atoms with Gasteiger partial charge in [-0.1, -0.05) is 29.8 Å². The molecule has 0 fully saturated rings. The summed E-state index contributed by atoms with van der Waals surface area (Å²) in [5.74, 6) is 0.895. The second kappa shape index (κ2) is 7.93. The highest BCUT2D eigenvalue weighted by Crippen LogP contribution is 2.24. The Morgan fingerprint density at radius 1 is 1.15 bits per heavy atom. The first-order valence-electron chi connectivity index (χ1n) is 8.06. The molecule has 0 saturated heterocycles. The molecule has 1 aromatic carbocycles. The molecule has 0 atom stereocenters. The van der Waals surface area contributed by atoms with Crippen LogP contribution in [0.5, 0.6) is 0 Å². The molecule has 1 amide bonds. The van der Waals surface area contributed by atoms with Crippen LogP contribution in [0.25, 0.3) is 11.4 Å². The third-order valence-electron chi connectivity index (χ3n) is 3.93. The predicted octanol–water partition coefficient (Wildman–Crippen LogP) is 3.58. The SMILES string of the molecule is Cc1c(Cl)nc(-c2cccnc2)nc1NCC(=O)N(C)c1ccccc1. The number of rotatable bonds is 5. The van der Waals surface area contributed by atoms with Gasteiger partial charge in [0.2, 0.25) is 5.91 Å². The van der Waals surface area contributed by atoms with E-state index in [1.807, 2.05) is 43.3 Å². The fourth-order valence-corrected chi connectivity index (χ4v) is 2.53. The number of aromatic nitrogens is 3. The molecule has 3 rings (SSSR count). The van der Waals surface area contributed by atoms with Crippen molar-refractivity contribution in [3.05, 3.63) is 65.6 Å². The molecule has 3 aromatic rings. The molecule has 0 aliphatic rings. The van der Waals surface area contributed by atoms with Gasteiger partial charge in [-0.25, -0.2) is 9.97 Å². The maximum absolute atomic E-state index is 12.4. The number of nitrogens with zero attached hydrogens (tertiary/aromatic N) is 4. The average Bonchev–Trinajstić information content (AvgIpc) is 2.69. The van der Waals surface area contributed by atoms with Gasteiger partial charge in [-0.2, -0.15) is 0 Å². The number of amides is 1. The number of hydrogen-bond donors (Lipinski definition) is 1. The van der Waals surface area contributed by atoms with Crippen LogP contribution in [0, 0.1) is 6.92 Å². The maximum atomic E-state index is 12.4. The first kappa shape index (κ1) is 17.8. The summed E-state index contributed by atoms with van der Waals surface area (Å²) in [6.07, 6.45) is 3.34. The Balaban J connectivity index is 1.77. The lowest BCUT2D eigenvalue weighted by Crippen LogP contribution is -2.32. The quantitative estimate of drug-likeness (QED) is 0.698. The Kier molecular flexibility index (Phi) is 5.43. The van der Waals surface area contributed by atoms with Gasteiger partial charge in [-0.15, -0.1) is 0 Å². The molecule has 0 unspecified atom stereocenters. The number of halogens is 1. The summed E-state index contributed by atoms with van der Waals surface area (Å²) in [4.78, 5) is 26.9. The zero-order valence-corrected chi connectivity index (χ0v) is 15.2. The van der Waals surface area contributed by atoms with E-state index < -0.39 is 0 Å². The number of benzene rings is 1. The van der Waals surface area contributed by atoms with Crippen LogP contribution in [0.2, 0.25) is 5.15 Å². The van der Waals surface area contributed by atoms with E-state index in [1.54, 1.807) is 30.4 Å². The highest BCUT2D eigenvalue weighted by Gasteiger charge is 2.14. The molecule has 0 aliphatic heterocycles. The summed E-state index contributed by atoms with van der Waals surface area (Å²) < 4.78 is 0. The Hall–Kier alpha value is -2.99. The van der Waals surface area contributed by atoms with Crippen LogP contribution in [0.15, 0.2) is 54.9 Å². The summed E-state index contributed by atoms with van der Waals surface area (Å²) in [6.45, 7) is 1.90. The van der Waals surface area contributed by atoms with E-state index in [1.165, 1.54) is 0 Å². The van der Waals surface area contributed by atoms with Crippen molar-refractivity contribution in [3.63, 3.8) is 0 Å². The Morgan fingerprint density at radius 3 is 2.62 bits per heavy atom. The van der Waals surface area contributed by atoms with Gasteiger partial charge in [0.1, 0.15) is 11.0 Å². The number of hydrogen-bond acceptors (Lipinski definition) is 5. The van der Waals surface area contributed by atoms with Crippen LogP contribution in [-0.4, -0.2) is 34.5 Å². The summed E-state index contributed by atoms with van der Waals surface area (Å²) in [5, 5.41) is 3.41. The summed E-state index contributed by atoms with van der Waals surface area (Å²) >= 11 is 6.24. The average molecular weight is 368 g/mol. The molecule has 0 radical (unpaired) electrons. The molecule has 7 heteroatoms. The van der Waals surface area contributed by atoms with Crippen LogP contribution in [0.4, 0.5) is 11.5 Å². The van der Waals surface area contributed by atoms with Crippen LogP contribution in [0.3, 0.4) is 0 Å². The highest BCUT2D eigenvalue weighted by atomic mass is 35.5. The summed E-state index contributed by atoms with van der Waals surface area (Å²) in [7, 11) is 1.74. The first-order chi connectivity index (χ1) is 12.6. The number of carbonyl (C=O) groups is 1. The number of anilines is 2. The molecule has 0 saturated carbocycles. The van der Waals surface area contributed by atoms with Crippen LogP contribution >= 0.6 is 11.6 Å². The molecule has 2 aromatic heterocycles. The zero-order chi connectivity index (χ0) is 18.5. The Bertz CT molecular complexity index is 903. The predicted molar refractivity (Wildman–Crippen MR) is 103 cm³/mol. The molecule has 6 nitrogen and oxygen atoms in total. The van der Waals surface area contributed by atoms with Gasteiger partial charge in [-0.05, 0) is 31.2 Å². The molecule has 0 spiro atoms. The number of pyridine rings is 1. The second-order valence-corrected chi connectivity index (χ2v) is 6.05. The van der Waals surface area contributed by atoms with Gasteiger partial charge in [-0.3, -0.25) is 9.78 Å². The van der Waals surface area contributed by atoms with E-state index in [0.717, 1.165) is 11.3 Å². The van der Waals surface area contributed by atoms with E-state index in [4.69, 9.17) is 11.6 Å². The van der Waals surface area contributed by atoms with Gasteiger partial charge in [0, 0.05) is 36.3 Å². The van der Waals surface area contributed by atoms with E-state index in [2.05, 4.69) is 20.3 Å². The normalized spacial score (nSPS) is 10.4. The zero-order valence-electron chi connectivity index (χ0n) is 14.5. The minimum absolute atomic E-state index is 0.0893. The number of para-hydroxylation sites is 1. The topological polar surface area (TPSA) is 71.0 Å². The minimum Gasteiger partial charge on any atom is -0.361 e. The molecule has 26 heavy (non-hydrogen) atoms. The molecule has 0 bridgehead atoms. The highest BCUT2D eigenvalue weighted by molar-refractivity contribution is 6.30. The fourth-order valence-electron chi connectivity index (χ4n) is 2.36. The van der Waals surface area contributed by atoms with Crippen molar-refractivity contribution in [3.8, 4) is 11.4 Å². The van der Waals surface area contributed by atoms with Gasteiger partial charge in [0.25, 0.3) is 0 Å². The largest absolute Gasteiger partial charge is 0.361 e. The number of likely N-dealkylation sites (N-methyl/N-ethyl adjacent to an activating group) is 1. The van der Waals surface area contributed by atoms with E-state index in [9.17, 15) is 4.79 Å². The lowest BCUT2D eigenvalue weighted by molar-refractivity contribution is -0.116. The van der Waals surface area contributed by atoms with Crippen LogP contribution < -0.4 is 10.2 Å². The van der Waals surface area contributed by atoms with Gasteiger partial charge < -0.3 is 10.2 Å². The van der Waals surface area contributed by atoms with Crippen molar-refractivity contribution in [1.82, 2.24) is 15.0 Å². The van der Waals surface area contributed by atoms with Gasteiger partial charge in [0.15, 0.2) is 5.82 Å². The van der Waals surface area contributed by atoms with Crippen molar-refractivity contribution in [2.24, 2.45) is 0 Å². The minimum atomic E-state index is -0.0896. The molecule has 132 valence electrons. The Labute approximate surface area is 156 Å². The molecule has 1 N–H and O–H groups in total. The van der Waals surface area contributed by atoms with Gasteiger partial charge >= 0.3 is 0 Å². The third-order valence-corrected chi connectivity index (χ3v) is 4.30. The van der Waals surface area contributed by atoms with Gasteiger partial charge in [0.05, 0.1) is 6.54 Å². The second-order valence-electron chi connectivity index (χ2n) is 5.70. The third kappa shape index (κ3) is 3.97. The van der Waals surface area contributed by atoms with Crippen molar-refractivity contribution < 1.29 is 4.79 Å². The van der Waals surface area contributed by atoms with Crippen molar-refractivity contribution in [2.75, 3.05) is 23.8 Å². The molecule has 2 heterocycles. The summed E-state index contributed by atoms with van der Waals surface area (Å²) in [5.41, 5.74) is 2.27. The molecular weight excluding hydrogens is 350 g/mol. The molecular formula is C19H18ClN5O. The van der Waals surface area contributed by atoms with Crippen LogP contribution in [-0.2, 0) is 4.79 Å². The van der Waals surface area contributed by atoms with Crippen molar-refractivity contribution in [1.29, 1.82) is 0 Å². The van der Waals surface area contributed by atoms with Crippen LogP contribution in [0.1, 0.15) is 5.56 Å². The maximum Gasteiger partial charge on any atom is 0.246 e. The lowest BCUT2D eigenvalue weighted by atomic mass is 10.2. The standard InChI is InChI=1S/C19H18ClN5O/c1-13-17(20)23-19(14-7-6-10-21-11-14)24-18(13)22-12-16(26)25(2)15-8-4-3-5-9-15/h3-11H,12H2,1-2H3,(H,22,23,24).